The molecule has 6 heteroatoms. The van der Waals surface area contributed by atoms with E-state index in [0.717, 1.165) is 0 Å². The number of anilines is 1. The standard InChI is InChI=1S/C11H10BrFN2O2/c1-15(6-9(16)17-2)8-4-3-7(5-14)10(12)11(8)13/h3-4H,6H2,1-2H3. The Morgan fingerprint density at radius 2 is 2.29 bits per heavy atom. The molecule has 0 aliphatic heterocycles. The molecule has 0 aliphatic rings. The molecule has 0 saturated carbocycles. The number of nitrogens with zero attached hydrogens (tertiary/aromatic N) is 2. The van der Waals surface area contributed by atoms with Crippen LogP contribution < -0.4 is 4.90 Å². The van der Waals surface area contributed by atoms with Gasteiger partial charge in [0.1, 0.15) is 12.6 Å². The molecule has 0 aromatic heterocycles. The summed E-state index contributed by atoms with van der Waals surface area (Å²) in [6, 6.07) is 4.79. The Morgan fingerprint density at radius 1 is 1.65 bits per heavy atom. The van der Waals surface area contributed by atoms with Gasteiger partial charge >= 0.3 is 5.97 Å². The fraction of sp³-hybridized carbons (Fsp3) is 0.273. The number of esters is 1. The normalized spacial score (nSPS) is 9.59. The number of benzene rings is 1. The van der Waals surface area contributed by atoms with Gasteiger partial charge < -0.3 is 9.64 Å². The molecule has 0 saturated heterocycles. The number of carbonyl (C=O) groups is 1. The van der Waals surface area contributed by atoms with Crippen LogP contribution in [0, 0.1) is 17.1 Å². The minimum atomic E-state index is -0.574. The molecule has 1 aromatic rings. The number of likely N-dealkylation sites (N-methyl/N-ethyl adjacent to an activating group) is 1. The number of methoxy groups -OCH3 is 1. The first-order valence-corrected chi connectivity index (χ1v) is 5.46. The van der Waals surface area contributed by atoms with Crippen molar-refractivity contribution in [2.45, 2.75) is 0 Å². The summed E-state index contributed by atoms with van der Waals surface area (Å²) in [7, 11) is 2.83. The predicted molar refractivity (Wildman–Crippen MR) is 64.1 cm³/mol. The van der Waals surface area contributed by atoms with Crippen LogP contribution in [0.25, 0.3) is 0 Å². The quantitative estimate of drug-likeness (QED) is 0.802. The smallest absolute Gasteiger partial charge is 0.325 e. The summed E-state index contributed by atoms with van der Waals surface area (Å²) < 4.78 is 18.4. The van der Waals surface area contributed by atoms with Gasteiger partial charge in [-0.15, -0.1) is 0 Å². The number of nitriles is 1. The van der Waals surface area contributed by atoms with E-state index in [1.165, 1.54) is 24.1 Å². The monoisotopic (exact) mass is 300 g/mol. The molecule has 0 unspecified atom stereocenters. The maximum absolute atomic E-state index is 13.9. The van der Waals surface area contributed by atoms with Gasteiger partial charge in [-0.3, -0.25) is 4.79 Å². The third kappa shape index (κ3) is 2.94. The Hall–Kier alpha value is -1.61. The first kappa shape index (κ1) is 13.5. The number of halogens is 2. The highest BCUT2D eigenvalue weighted by atomic mass is 79.9. The van der Waals surface area contributed by atoms with Crippen molar-refractivity contribution in [2.75, 3.05) is 25.6 Å². The second kappa shape index (κ2) is 5.64. The maximum atomic E-state index is 13.9. The van der Waals surface area contributed by atoms with Crippen LogP contribution in [0.15, 0.2) is 16.6 Å². The zero-order valence-electron chi connectivity index (χ0n) is 9.33. The molecule has 4 nitrogen and oxygen atoms in total. The van der Waals surface area contributed by atoms with Crippen LogP contribution in [0.1, 0.15) is 5.56 Å². The van der Waals surface area contributed by atoms with Crippen LogP contribution in [-0.2, 0) is 9.53 Å². The molecule has 90 valence electrons. The van der Waals surface area contributed by atoms with E-state index in [1.54, 1.807) is 7.05 Å². The zero-order valence-corrected chi connectivity index (χ0v) is 10.9. The Kier molecular flexibility index (Phi) is 4.46. The number of rotatable bonds is 3. The van der Waals surface area contributed by atoms with Crippen molar-refractivity contribution in [1.29, 1.82) is 5.26 Å². The molecule has 1 aromatic carbocycles. The van der Waals surface area contributed by atoms with Crippen LogP contribution in [0.4, 0.5) is 10.1 Å². The summed E-state index contributed by atoms with van der Waals surface area (Å²) in [6.45, 7) is -0.0637. The highest BCUT2D eigenvalue weighted by Crippen LogP contribution is 2.28. The van der Waals surface area contributed by atoms with Crippen LogP contribution in [-0.4, -0.2) is 26.7 Å². The van der Waals surface area contributed by atoms with Crippen molar-refractivity contribution in [3.63, 3.8) is 0 Å². The fourth-order valence-corrected chi connectivity index (χ4v) is 1.69. The first-order chi connectivity index (χ1) is 8.01. The molecule has 0 fully saturated rings. The summed E-state index contributed by atoms with van der Waals surface area (Å²) in [5.74, 6) is -1.04. The first-order valence-electron chi connectivity index (χ1n) is 4.67. The Labute approximate surface area is 107 Å². The van der Waals surface area contributed by atoms with E-state index in [9.17, 15) is 9.18 Å². The van der Waals surface area contributed by atoms with Gasteiger partial charge in [-0.2, -0.15) is 5.26 Å². The van der Waals surface area contributed by atoms with E-state index in [-0.39, 0.29) is 22.3 Å². The summed E-state index contributed by atoms with van der Waals surface area (Å²) in [5, 5.41) is 8.72. The van der Waals surface area contributed by atoms with E-state index >= 15 is 0 Å². The second-order valence-corrected chi connectivity index (χ2v) is 4.10. The zero-order chi connectivity index (χ0) is 13.0. The number of ether oxygens (including phenoxy) is 1. The fourth-order valence-electron chi connectivity index (χ4n) is 1.26. The van der Waals surface area contributed by atoms with E-state index < -0.39 is 11.8 Å². The lowest BCUT2D eigenvalue weighted by Crippen LogP contribution is -2.27. The van der Waals surface area contributed by atoms with E-state index in [4.69, 9.17) is 5.26 Å². The van der Waals surface area contributed by atoms with Gasteiger partial charge in [0.25, 0.3) is 0 Å². The van der Waals surface area contributed by atoms with Crippen LogP contribution in [0.5, 0.6) is 0 Å². The molecular formula is C11H10BrFN2O2. The molecule has 17 heavy (non-hydrogen) atoms. The van der Waals surface area contributed by atoms with Crippen molar-refractivity contribution in [1.82, 2.24) is 0 Å². The van der Waals surface area contributed by atoms with E-state index in [2.05, 4.69) is 20.7 Å². The van der Waals surface area contributed by atoms with Crippen molar-refractivity contribution >= 4 is 27.6 Å². The van der Waals surface area contributed by atoms with Crippen molar-refractivity contribution in [3.8, 4) is 6.07 Å². The van der Waals surface area contributed by atoms with Crippen molar-refractivity contribution < 1.29 is 13.9 Å². The summed E-state index contributed by atoms with van der Waals surface area (Å²) in [4.78, 5) is 12.5. The molecule has 1 rings (SSSR count). The highest BCUT2D eigenvalue weighted by molar-refractivity contribution is 9.10. The van der Waals surface area contributed by atoms with Gasteiger partial charge in [0.15, 0.2) is 5.82 Å². The lowest BCUT2D eigenvalue weighted by atomic mass is 10.2. The van der Waals surface area contributed by atoms with Gasteiger partial charge in [-0.25, -0.2) is 4.39 Å². The topological polar surface area (TPSA) is 53.3 Å². The molecule has 0 amide bonds. The van der Waals surface area contributed by atoms with Crippen LogP contribution >= 0.6 is 15.9 Å². The second-order valence-electron chi connectivity index (χ2n) is 3.30. The predicted octanol–water partition coefficient (Wildman–Crippen LogP) is 2.07. The van der Waals surface area contributed by atoms with Gasteiger partial charge in [-0.05, 0) is 28.1 Å². The maximum Gasteiger partial charge on any atom is 0.325 e. The summed E-state index contributed by atoms with van der Waals surface area (Å²) in [6.07, 6.45) is 0. The van der Waals surface area contributed by atoms with Gasteiger partial charge in [0.2, 0.25) is 0 Å². The minimum Gasteiger partial charge on any atom is -0.468 e. The number of carbonyl (C=O) groups excluding carboxylic acids is 1. The number of hydrogen-bond acceptors (Lipinski definition) is 4. The lowest BCUT2D eigenvalue weighted by Gasteiger charge is -2.19. The van der Waals surface area contributed by atoms with Crippen molar-refractivity contribution in [2.24, 2.45) is 0 Å². The number of hydrogen-bond donors (Lipinski definition) is 0. The highest BCUT2D eigenvalue weighted by Gasteiger charge is 2.16. The largest absolute Gasteiger partial charge is 0.468 e. The molecule has 0 atom stereocenters. The van der Waals surface area contributed by atoms with Crippen LogP contribution in [0.3, 0.4) is 0 Å². The molecule has 0 bridgehead atoms. The van der Waals surface area contributed by atoms with Crippen LogP contribution in [0.2, 0.25) is 0 Å². The Balaban J connectivity index is 3.04. The molecular weight excluding hydrogens is 291 g/mol. The summed E-state index contributed by atoms with van der Waals surface area (Å²) in [5.41, 5.74) is 0.430. The van der Waals surface area contributed by atoms with E-state index in [0.29, 0.717) is 0 Å². The molecule has 0 heterocycles. The average Bonchev–Trinajstić information content (AvgIpc) is 2.32. The lowest BCUT2D eigenvalue weighted by molar-refractivity contribution is -0.138. The molecule has 0 N–H and O–H groups in total. The Bertz CT molecular complexity index is 485. The van der Waals surface area contributed by atoms with Crippen molar-refractivity contribution in [3.05, 3.63) is 28.0 Å². The minimum absolute atomic E-state index is 0.0637. The Morgan fingerprint density at radius 3 is 2.82 bits per heavy atom. The molecule has 0 aliphatic carbocycles. The van der Waals surface area contributed by atoms with Gasteiger partial charge in [0.05, 0.1) is 22.8 Å². The molecule has 0 radical (unpaired) electrons. The summed E-state index contributed by atoms with van der Waals surface area (Å²) >= 11 is 3.00. The van der Waals surface area contributed by atoms with Gasteiger partial charge in [-0.1, -0.05) is 0 Å². The third-order valence-corrected chi connectivity index (χ3v) is 2.96. The van der Waals surface area contributed by atoms with E-state index in [1.807, 2.05) is 6.07 Å². The SMILES string of the molecule is COC(=O)CN(C)c1ccc(C#N)c(Br)c1F. The average molecular weight is 301 g/mol. The van der Waals surface area contributed by atoms with Gasteiger partial charge in [0, 0.05) is 7.05 Å². The molecule has 0 spiro atoms. The third-order valence-electron chi connectivity index (χ3n) is 2.19.